The number of hydrogen-bond donors (Lipinski definition) is 2. The van der Waals surface area contributed by atoms with Gasteiger partial charge in [0.2, 0.25) is 5.91 Å². The van der Waals surface area contributed by atoms with Crippen molar-refractivity contribution in [1.82, 2.24) is 10.2 Å². The molecule has 4 aliphatic rings. The van der Waals surface area contributed by atoms with Gasteiger partial charge in [-0.05, 0) is 58.9 Å². The summed E-state index contributed by atoms with van der Waals surface area (Å²) >= 11 is 0. The van der Waals surface area contributed by atoms with Gasteiger partial charge in [-0.15, -0.1) is 0 Å². The summed E-state index contributed by atoms with van der Waals surface area (Å²) in [6.07, 6.45) is 1.46. The van der Waals surface area contributed by atoms with E-state index in [0.717, 1.165) is 41.1 Å². The van der Waals surface area contributed by atoms with Crippen molar-refractivity contribution in [3.05, 3.63) is 101 Å². The smallest absolute Gasteiger partial charge is 0.408 e. The van der Waals surface area contributed by atoms with E-state index in [2.05, 4.69) is 37.9 Å². The number of rotatable bonds is 9. The molecule has 10 heteroatoms. The lowest BCUT2D eigenvalue weighted by atomic mass is 9.65. The van der Waals surface area contributed by atoms with Gasteiger partial charge in [0.05, 0.1) is 30.9 Å². The average molecular weight is 696 g/mol. The molecule has 0 radical (unpaired) electrons. The van der Waals surface area contributed by atoms with Crippen LogP contribution in [-0.4, -0.2) is 59.2 Å². The number of likely N-dealkylation sites (tertiary alicyclic amines) is 1. The van der Waals surface area contributed by atoms with Crippen molar-refractivity contribution in [2.75, 3.05) is 18.0 Å². The predicted octanol–water partition coefficient (Wildman–Crippen LogP) is 6.43. The molecule has 0 aromatic heterocycles. The number of fused-ring (bicyclic) bond motifs is 2. The molecule has 3 aromatic rings. The quantitative estimate of drug-likeness (QED) is 0.246. The van der Waals surface area contributed by atoms with E-state index in [1.165, 1.54) is 12.8 Å². The summed E-state index contributed by atoms with van der Waals surface area (Å²) in [6.45, 7) is 11.2. The van der Waals surface area contributed by atoms with E-state index in [-0.39, 0.29) is 43.2 Å². The Labute approximate surface area is 300 Å². The second-order valence-corrected chi connectivity index (χ2v) is 16.1. The second-order valence-electron chi connectivity index (χ2n) is 16.1. The molecular weight excluding hydrogens is 646 g/mol. The van der Waals surface area contributed by atoms with Crippen molar-refractivity contribution in [3.8, 4) is 0 Å². The number of benzene rings is 3. The largest absolute Gasteiger partial charge is 0.445 e. The maximum absolute atomic E-state index is 13.5. The standard InChI is InChI=1S/C41H49N3O7/c1-26-34(21-43-25-41(4)20-32(43)19-40(2,3)24-41)50-38(51-36(26)29-15-13-27(22-45)14-16-29)30-11-8-12-31(17-30)44-35(46)18-33(37(44)47)42-39(48)49-23-28-9-6-5-7-10-28/h5-17,26,32-34,36,38,45H,18-25H2,1-4H3,(H,42,48). The van der Waals surface area contributed by atoms with Gasteiger partial charge in [0.25, 0.3) is 5.91 Å². The van der Waals surface area contributed by atoms with Gasteiger partial charge in [0, 0.05) is 30.6 Å². The molecule has 3 aliphatic heterocycles. The van der Waals surface area contributed by atoms with Crippen LogP contribution in [0.3, 0.4) is 0 Å². The van der Waals surface area contributed by atoms with Crippen molar-refractivity contribution in [2.24, 2.45) is 16.7 Å². The monoisotopic (exact) mass is 695 g/mol. The van der Waals surface area contributed by atoms with E-state index in [0.29, 0.717) is 22.7 Å². The minimum Gasteiger partial charge on any atom is -0.445 e. The maximum Gasteiger partial charge on any atom is 0.408 e. The number of aliphatic hydroxyl groups excluding tert-OH is 1. The first kappa shape index (κ1) is 35.3. The van der Waals surface area contributed by atoms with Gasteiger partial charge < -0.3 is 24.6 Å². The Kier molecular flexibility index (Phi) is 9.80. The first-order valence-corrected chi connectivity index (χ1v) is 18.1. The number of hydrogen-bond acceptors (Lipinski definition) is 8. The highest BCUT2D eigenvalue weighted by Gasteiger charge is 2.51. The van der Waals surface area contributed by atoms with Crippen LogP contribution >= 0.6 is 0 Å². The fourth-order valence-corrected chi connectivity index (χ4v) is 9.08. The number of carbonyl (C=O) groups is 3. The van der Waals surface area contributed by atoms with Gasteiger partial charge in [-0.25, -0.2) is 9.69 Å². The number of anilines is 1. The Bertz CT molecular complexity index is 1750. The van der Waals surface area contributed by atoms with Gasteiger partial charge in [0.1, 0.15) is 12.6 Å². The highest BCUT2D eigenvalue weighted by molar-refractivity contribution is 6.22. The Morgan fingerprint density at radius 2 is 1.71 bits per heavy atom. The number of amides is 3. The first-order chi connectivity index (χ1) is 24.4. The Morgan fingerprint density at radius 3 is 2.45 bits per heavy atom. The molecule has 10 nitrogen and oxygen atoms in total. The number of nitrogens with one attached hydrogen (secondary N) is 1. The molecule has 7 unspecified atom stereocenters. The van der Waals surface area contributed by atoms with Crippen LogP contribution in [0.5, 0.6) is 0 Å². The van der Waals surface area contributed by atoms with Crippen LogP contribution < -0.4 is 10.2 Å². The summed E-state index contributed by atoms with van der Waals surface area (Å²) in [5.41, 5.74) is 4.31. The molecular formula is C41H49N3O7. The topological polar surface area (TPSA) is 118 Å². The molecule has 7 atom stereocenters. The van der Waals surface area contributed by atoms with Crippen molar-refractivity contribution in [2.45, 2.75) is 97.2 Å². The normalized spacial score (nSPS) is 30.4. The van der Waals surface area contributed by atoms with Crippen molar-refractivity contribution in [1.29, 1.82) is 0 Å². The van der Waals surface area contributed by atoms with Crippen LogP contribution in [0.2, 0.25) is 0 Å². The lowest BCUT2D eigenvalue weighted by Gasteiger charge is -2.43. The zero-order valence-corrected chi connectivity index (χ0v) is 29.9. The highest BCUT2D eigenvalue weighted by atomic mass is 16.7. The number of carbonyl (C=O) groups excluding carboxylic acids is 3. The van der Waals surface area contributed by atoms with Gasteiger partial charge in [-0.3, -0.25) is 14.5 Å². The van der Waals surface area contributed by atoms with Gasteiger partial charge >= 0.3 is 6.09 Å². The van der Waals surface area contributed by atoms with Crippen LogP contribution in [0, 0.1) is 16.7 Å². The number of ether oxygens (including phenoxy) is 3. The molecule has 270 valence electrons. The van der Waals surface area contributed by atoms with Crippen LogP contribution in [0.15, 0.2) is 78.9 Å². The van der Waals surface area contributed by atoms with E-state index in [1.54, 1.807) is 18.2 Å². The molecule has 3 amide bonds. The number of aliphatic hydroxyl groups is 1. The minimum atomic E-state index is -1.03. The third-order valence-corrected chi connectivity index (χ3v) is 11.1. The van der Waals surface area contributed by atoms with Gasteiger partial charge in [0.15, 0.2) is 6.29 Å². The maximum atomic E-state index is 13.5. The van der Waals surface area contributed by atoms with Crippen molar-refractivity contribution in [3.63, 3.8) is 0 Å². The zero-order valence-electron chi connectivity index (χ0n) is 29.9. The molecule has 4 fully saturated rings. The van der Waals surface area contributed by atoms with E-state index in [9.17, 15) is 19.5 Å². The second kappa shape index (κ2) is 14.1. The first-order valence-electron chi connectivity index (χ1n) is 18.1. The summed E-state index contributed by atoms with van der Waals surface area (Å²) in [5.74, 6) is -0.911. The summed E-state index contributed by atoms with van der Waals surface area (Å²) in [5, 5.41) is 12.2. The summed E-state index contributed by atoms with van der Waals surface area (Å²) in [6, 6.07) is 23.7. The summed E-state index contributed by atoms with van der Waals surface area (Å²) < 4.78 is 18.8. The number of alkyl carbamates (subject to hydrolysis) is 1. The van der Waals surface area contributed by atoms with Crippen molar-refractivity contribution >= 4 is 23.6 Å². The molecule has 0 spiro atoms. The molecule has 51 heavy (non-hydrogen) atoms. The third kappa shape index (κ3) is 7.60. The zero-order chi connectivity index (χ0) is 35.9. The molecule has 7 rings (SSSR count). The van der Waals surface area contributed by atoms with E-state index < -0.39 is 30.2 Å². The number of nitrogens with zero attached hydrogens (tertiary/aromatic N) is 2. The SMILES string of the molecule is CC1C(CN2CC3(C)CC2CC(C)(C)C3)OC(c2cccc(N3C(=O)CC(NC(=O)OCc4ccccc4)C3=O)c2)OC1c1ccc(CO)cc1. The third-order valence-electron chi connectivity index (χ3n) is 11.1. The fourth-order valence-electron chi connectivity index (χ4n) is 9.08. The average Bonchev–Trinajstić information content (AvgIpc) is 3.52. The van der Waals surface area contributed by atoms with Crippen LogP contribution in [0.4, 0.5) is 10.5 Å². The summed E-state index contributed by atoms with van der Waals surface area (Å²) in [7, 11) is 0. The Morgan fingerprint density at radius 1 is 0.941 bits per heavy atom. The molecule has 3 saturated heterocycles. The Balaban J connectivity index is 1.09. The molecule has 2 bridgehead atoms. The molecule has 1 saturated carbocycles. The van der Waals surface area contributed by atoms with Crippen LogP contribution in [-0.2, 0) is 37.0 Å². The fraction of sp³-hybridized carbons (Fsp3) is 0.488. The number of imide groups is 1. The Hall–Kier alpha value is -4.09. The predicted molar refractivity (Wildman–Crippen MR) is 191 cm³/mol. The molecule has 2 N–H and O–H groups in total. The summed E-state index contributed by atoms with van der Waals surface area (Å²) in [4.78, 5) is 43.0. The molecule has 3 aromatic carbocycles. The molecule has 1 aliphatic carbocycles. The van der Waals surface area contributed by atoms with E-state index >= 15 is 0 Å². The minimum absolute atomic E-state index is 0.0286. The lowest BCUT2D eigenvalue weighted by Crippen LogP contribution is -2.46. The lowest BCUT2D eigenvalue weighted by molar-refractivity contribution is -0.276. The highest BCUT2D eigenvalue weighted by Crippen LogP contribution is 2.53. The molecule has 3 heterocycles. The van der Waals surface area contributed by atoms with Gasteiger partial charge in [-0.2, -0.15) is 0 Å². The van der Waals surface area contributed by atoms with Crippen molar-refractivity contribution < 1.29 is 33.7 Å². The van der Waals surface area contributed by atoms with E-state index in [4.69, 9.17) is 14.2 Å². The van der Waals surface area contributed by atoms with Crippen LogP contribution in [0.1, 0.15) is 88.0 Å². The van der Waals surface area contributed by atoms with E-state index in [1.807, 2.05) is 60.7 Å². The van der Waals surface area contributed by atoms with Gasteiger partial charge in [-0.1, -0.05) is 94.4 Å². The van der Waals surface area contributed by atoms with Crippen LogP contribution in [0.25, 0.3) is 0 Å².